The summed E-state index contributed by atoms with van der Waals surface area (Å²) in [5.41, 5.74) is 4.41. The molecule has 0 unspecified atom stereocenters. The fraction of sp³-hybridized carbons (Fsp3) is 0.238. The molecule has 0 atom stereocenters. The van der Waals surface area contributed by atoms with E-state index < -0.39 is 0 Å². The number of oxazole rings is 1. The van der Waals surface area contributed by atoms with Crippen LogP contribution in [0.5, 0.6) is 0 Å². The van der Waals surface area contributed by atoms with Gasteiger partial charge in [-0.2, -0.15) is 0 Å². The van der Waals surface area contributed by atoms with Gasteiger partial charge in [0.15, 0.2) is 0 Å². The van der Waals surface area contributed by atoms with E-state index in [1.165, 1.54) is 0 Å². The van der Waals surface area contributed by atoms with Gasteiger partial charge in [0.05, 0.1) is 6.54 Å². The maximum absolute atomic E-state index is 12.5. The van der Waals surface area contributed by atoms with Crippen LogP contribution in [0.1, 0.15) is 22.6 Å². The van der Waals surface area contributed by atoms with E-state index in [1.54, 1.807) is 24.1 Å². The quantitative estimate of drug-likeness (QED) is 0.639. The zero-order chi connectivity index (χ0) is 19.6. The van der Waals surface area contributed by atoms with Crippen molar-refractivity contribution in [2.45, 2.75) is 27.3 Å². The van der Waals surface area contributed by atoms with Crippen molar-refractivity contribution in [1.82, 2.24) is 9.88 Å². The molecular weight excluding hydrogens is 362 g/mol. The number of hydrogen-bond donors (Lipinski definition) is 1. The average Bonchev–Trinajstić information content (AvgIpc) is 2.98. The molecule has 5 nitrogen and oxygen atoms in total. The summed E-state index contributed by atoms with van der Waals surface area (Å²) >= 11 is 6.02. The maximum atomic E-state index is 12.5. The molecule has 6 heteroatoms. The number of carbonyl (C=O) groups is 1. The first-order valence-electron chi connectivity index (χ1n) is 8.65. The van der Waals surface area contributed by atoms with E-state index in [4.69, 9.17) is 16.0 Å². The molecule has 0 fully saturated rings. The summed E-state index contributed by atoms with van der Waals surface area (Å²) in [6.07, 6.45) is 0. The van der Waals surface area contributed by atoms with Gasteiger partial charge in [0, 0.05) is 23.3 Å². The molecule has 1 aromatic heterocycles. The Balaban J connectivity index is 1.74. The average molecular weight is 384 g/mol. The van der Waals surface area contributed by atoms with Crippen LogP contribution in [-0.2, 0) is 6.54 Å². The zero-order valence-corrected chi connectivity index (χ0v) is 16.6. The van der Waals surface area contributed by atoms with Gasteiger partial charge in [-0.25, -0.2) is 9.78 Å². The van der Waals surface area contributed by atoms with Crippen molar-refractivity contribution in [2.24, 2.45) is 0 Å². The lowest BCUT2D eigenvalue weighted by Gasteiger charge is -2.18. The third-order valence-electron chi connectivity index (χ3n) is 4.44. The van der Waals surface area contributed by atoms with Crippen molar-refractivity contribution in [1.29, 1.82) is 0 Å². The number of aryl methyl sites for hydroxylation is 3. The lowest BCUT2D eigenvalue weighted by Crippen LogP contribution is -2.31. The summed E-state index contributed by atoms with van der Waals surface area (Å²) in [5, 5.41) is 3.46. The number of urea groups is 1. The Morgan fingerprint density at radius 3 is 2.63 bits per heavy atom. The number of rotatable bonds is 4. The highest BCUT2D eigenvalue weighted by atomic mass is 35.5. The highest BCUT2D eigenvalue weighted by molar-refractivity contribution is 6.31. The van der Waals surface area contributed by atoms with Gasteiger partial charge < -0.3 is 14.6 Å². The van der Waals surface area contributed by atoms with Crippen LogP contribution in [-0.4, -0.2) is 23.0 Å². The predicted molar refractivity (Wildman–Crippen MR) is 108 cm³/mol. The minimum atomic E-state index is -0.236. The van der Waals surface area contributed by atoms with E-state index in [0.29, 0.717) is 28.9 Å². The fourth-order valence-corrected chi connectivity index (χ4v) is 2.91. The molecule has 1 N–H and O–H groups in total. The largest absolute Gasteiger partial charge is 0.441 e. The maximum Gasteiger partial charge on any atom is 0.321 e. The molecule has 0 spiro atoms. The second-order valence-corrected chi connectivity index (χ2v) is 7.02. The molecular formula is C21H22ClN3O2. The lowest BCUT2D eigenvalue weighted by molar-refractivity contribution is 0.220. The van der Waals surface area contributed by atoms with E-state index in [-0.39, 0.29) is 6.03 Å². The van der Waals surface area contributed by atoms with Crippen LogP contribution in [0.3, 0.4) is 0 Å². The highest BCUT2D eigenvalue weighted by Gasteiger charge is 2.17. The number of amides is 2. The number of aromatic nitrogens is 1. The molecule has 0 aliphatic carbocycles. The number of hydrogen-bond acceptors (Lipinski definition) is 3. The molecule has 0 saturated carbocycles. The SMILES string of the molecule is Cc1ccc(Cl)cc1NC(=O)N(C)Cc1nc(-c2ccccc2C)oc1C. The molecule has 27 heavy (non-hydrogen) atoms. The number of anilines is 1. The number of benzene rings is 2. The molecule has 3 rings (SSSR count). The first kappa shape index (κ1) is 19.0. The summed E-state index contributed by atoms with van der Waals surface area (Å²) < 4.78 is 5.83. The smallest absolute Gasteiger partial charge is 0.321 e. The van der Waals surface area contributed by atoms with Crippen molar-refractivity contribution in [3.8, 4) is 11.5 Å². The first-order chi connectivity index (χ1) is 12.8. The fourth-order valence-electron chi connectivity index (χ4n) is 2.74. The second-order valence-electron chi connectivity index (χ2n) is 6.58. The van der Waals surface area contributed by atoms with Gasteiger partial charge in [0.2, 0.25) is 5.89 Å². The first-order valence-corrected chi connectivity index (χ1v) is 9.03. The Morgan fingerprint density at radius 1 is 1.15 bits per heavy atom. The molecule has 140 valence electrons. The van der Waals surface area contributed by atoms with E-state index >= 15 is 0 Å². The van der Waals surface area contributed by atoms with Crippen LogP contribution in [0.2, 0.25) is 5.02 Å². The van der Waals surface area contributed by atoms with Crippen LogP contribution >= 0.6 is 11.6 Å². The molecule has 0 aliphatic heterocycles. The second kappa shape index (κ2) is 7.84. The van der Waals surface area contributed by atoms with Gasteiger partial charge in [-0.15, -0.1) is 0 Å². The van der Waals surface area contributed by atoms with Crippen LogP contribution in [0.25, 0.3) is 11.5 Å². The van der Waals surface area contributed by atoms with Crippen LogP contribution in [0.15, 0.2) is 46.9 Å². The van der Waals surface area contributed by atoms with E-state index in [1.807, 2.05) is 51.1 Å². The summed E-state index contributed by atoms with van der Waals surface area (Å²) in [4.78, 5) is 18.7. The molecule has 0 saturated heterocycles. The number of nitrogens with zero attached hydrogens (tertiary/aromatic N) is 2. The highest BCUT2D eigenvalue weighted by Crippen LogP contribution is 2.25. The predicted octanol–water partition coefficient (Wildman–Crippen LogP) is 5.58. The molecule has 0 radical (unpaired) electrons. The molecule has 0 aliphatic rings. The van der Waals surface area contributed by atoms with Crippen molar-refractivity contribution < 1.29 is 9.21 Å². The van der Waals surface area contributed by atoms with Crippen molar-refractivity contribution in [3.63, 3.8) is 0 Å². The molecule has 3 aromatic rings. The summed E-state index contributed by atoms with van der Waals surface area (Å²) in [6.45, 7) is 6.13. The van der Waals surface area contributed by atoms with Crippen molar-refractivity contribution in [3.05, 3.63) is 70.1 Å². The van der Waals surface area contributed by atoms with Gasteiger partial charge in [-0.3, -0.25) is 0 Å². The van der Waals surface area contributed by atoms with Gasteiger partial charge in [0.1, 0.15) is 11.5 Å². The van der Waals surface area contributed by atoms with E-state index in [9.17, 15) is 4.79 Å². The summed E-state index contributed by atoms with van der Waals surface area (Å²) in [6, 6.07) is 13.1. The topological polar surface area (TPSA) is 58.4 Å². The third kappa shape index (κ3) is 4.31. The Kier molecular flexibility index (Phi) is 5.51. The van der Waals surface area contributed by atoms with E-state index in [2.05, 4.69) is 10.3 Å². The minimum absolute atomic E-state index is 0.236. The Labute approximate surface area is 164 Å². The molecule has 0 bridgehead atoms. The zero-order valence-electron chi connectivity index (χ0n) is 15.8. The monoisotopic (exact) mass is 383 g/mol. The van der Waals surface area contributed by atoms with Gasteiger partial charge in [-0.05, 0) is 50.1 Å². The minimum Gasteiger partial charge on any atom is -0.441 e. The molecule has 2 aromatic carbocycles. The normalized spacial score (nSPS) is 10.7. The standard InChI is InChI=1S/C21H22ClN3O2/c1-13-7-5-6-8-17(13)20-23-19(15(3)27-20)12-25(4)21(26)24-18-11-16(22)10-9-14(18)2/h5-11H,12H2,1-4H3,(H,24,26). The number of nitrogens with one attached hydrogen (secondary N) is 1. The Morgan fingerprint density at radius 2 is 1.89 bits per heavy atom. The van der Waals surface area contributed by atoms with Gasteiger partial charge in [-0.1, -0.05) is 35.9 Å². The van der Waals surface area contributed by atoms with Gasteiger partial charge >= 0.3 is 6.03 Å². The number of halogens is 1. The third-order valence-corrected chi connectivity index (χ3v) is 4.68. The molecule has 2 amide bonds. The Bertz CT molecular complexity index is 981. The van der Waals surface area contributed by atoms with Gasteiger partial charge in [0.25, 0.3) is 0 Å². The molecule has 1 heterocycles. The number of carbonyl (C=O) groups excluding carboxylic acids is 1. The van der Waals surface area contributed by atoms with E-state index in [0.717, 1.165) is 22.4 Å². The van der Waals surface area contributed by atoms with Crippen molar-refractivity contribution >= 4 is 23.3 Å². The van der Waals surface area contributed by atoms with Crippen LogP contribution in [0.4, 0.5) is 10.5 Å². The lowest BCUT2D eigenvalue weighted by atomic mass is 10.1. The summed E-state index contributed by atoms with van der Waals surface area (Å²) in [7, 11) is 1.72. The van der Waals surface area contributed by atoms with Crippen LogP contribution < -0.4 is 5.32 Å². The Hall–Kier alpha value is -2.79. The summed E-state index contributed by atoms with van der Waals surface area (Å²) in [5.74, 6) is 1.27. The van der Waals surface area contributed by atoms with Crippen molar-refractivity contribution in [2.75, 3.05) is 12.4 Å². The van der Waals surface area contributed by atoms with Crippen LogP contribution in [0, 0.1) is 20.8 Å².